The molecule has 0 radical (unpaired) electrons. The van der Waals surface area contributed by atoms with Gasteiger partial charge in [-0.3, -0.25) is 0 Å². The Kier molecular flexibility index (Phi) is 5.18. The lowest BCUT2D eigenvalue weighted by Gasteiger charge is -2.17. The molecule has 18 heavy (non-hydrogen) atoms. The van der Waals surface area contributed by atoms with E-state index in [1.807, 2.05) is 0 Å². The van der Waals surface area contributed by atoms with Crippen molar-refractivity contribution in [2.24, 2.45) is 0 Å². The lowest BCUT2D eigenvalue weighted by molar-refractivity contribution is 0.455. The van der Waals surface area contributed by atoms with Gasteiger partial charge in [0.05, 0.1) is 4.90 Å². The van der Waals surface area contributed by atoms with Crippen LogP contribution in [0.15, 0.2) is 23.1 Å². The molecule has 1 rings (SSSR count). The number of hydrogen-bond acceptors (Lipinski definition) is 3. The second kappa shape index (κ2) is 6.21. The third-order valence-corrected chi connectivity index (χ3v) is 4.35. The molecule has 4 nitrogen and oxygen atoms in total. The summed E-state index contributed by atoms with van der Waals surface area (Å²) in [5.74, 6) is -2.23. The molecule has 0 aliphatic rings. The van der Waals surface area contributed by atoms with E-state index in [1.54, 1.807) is 7.05 Å². The third kappa shape index (κ3) is 3.47. The zero-order valence-electron chi connectivity index (χ0n) is 10.3. The van der Waals surface area contributed by atoms with Crippen LogP contribution in [-0.4, -0.2) is 39.9 Å². The molecule has 0 fully saturated rings. The number of benzene rings is 1. The van der Waals surface area contributed by atoms with Gasteiger partial charge in [0.2, 0.25) is 10.0 Å². The molecule has 0 saturated carbocycles. The molecule has 0 aliphatic heterocycles. The topological polar surface area (TPSA) is 49.4 Å². The highest BCUT2D eigenvalue weighted by Crippen LogP contribution is 2.17. The van der Waals surface area contributed by atoms with Gasteiger partial charge in [0, 0.05) is 13.6 Å². The Morgan fingerprint density at radius 3 is 2.50 bits per heavy atom. The first-order valence-electron chi connectivity index (χ1n) is 5.45. The number of nitrogens with one attached hydrogen (secondary N) is 1. The predicted molar refractivity (Wildman–Crippen MR) is 64.7 cm³/mol. The van der Waals surface area contributed by atoms with Crippen LogP contribution in [0.25, 0.3) is 0 Å². The summed E-state index contributed by atoms with van der Waals surface area (Å²) in [5.41, 5.74) is 0. The van der Waals surface area contributed by atoms with Gasteiger partial charge in [-0.05, 0) is 38.2 Å². The summed E-state index contributed by atoms with van der Waals surface area (Å²) in [6, 6.07) is 2.56. The maximum atomic E-state index is 13.0. The summed E-state index contributed by atoms with van der Waals surface area (Å²) in [4.78, 5) is -0.242. The molecule has 1 N–H and O–H groups in total. The van der Waals surface area contributed by atoms with E-state index in [0.29, 0.717) is 25.6 Å². The van der Waals surface area contributed by atoms with Crippen molar-refractivity contribution in [3.8, 4) is 0 Å². The van der Waals surface area contributed by atoms with E-state index in [4.69, 9.17) is 0 Å². The number of rotatable bonds is 6. The van der Waals surface area contributed by atoms with Gasteiger partial charge in [-0.15, -0.1) is 0 Å². The van der Waals surface area contributed by atoms with Gasteiger partial charge < -0.3 is 5.32 Å². The highest BCUT2D eigenvalue weighted by molar-refractivity contribution is 7.89. The smallest absolute Gasteiger partial charge is 0.242 e. The lowest BCUT2D eigenvalue weighted by Crippen LogP contribution is -2.29. The van der Waals surface area contributed by atoms with Crippen molar-refractivity contribution in [2.75, 3.05) is 27.2 Å². The van der Waals surface area contributed by atoms with Crippen molar-refractivity contribution in [3.05, 3.63) is 29.8 Å². The van der Waals surface area contributed by atoms with Crippen LogP contribution in [0.2, 0.25) is 0 Å². The monoisotopic (exact) mass is 278 g/mol. The van der Waals surface area contributed by atoms with E-state index in [0.717, 1.165) is 16.4 Å². The molecule has 0 heterocycles. The average molecular weight is 278 g/mol. The molecule has 0 aromatic heterocycles. The Balaban J connectivity index is 2.88. The summed E-state index contributed by atoms with van der Waals surface area (Å²) in [6.07, 6.45) is 0.635. The summed E-state index contributed by atoms with van der Waals surface area (Å²) in [6.45, 7) is 0.986. The number of nitrogens with zero attached hydrogens (tertiary/aromatic N) is 1. The van der Waals surface area contributed by atoms with E-state index in [2.05, 4.69) is 5.32 Å². The Morgan fingerprint density at radius 2 is 1.94 bits per heavy atom. The largest absolute Gasteiger partial charge is 0.320 e. The molecular formula is C11H16F2N2O2S. The summed E-state index contributed by atoms with van der Waals surface area (Å²) in [7, 11) is -0.583. The number of halogens is 2. The number of sulfonamides is 1. The third-order valence-electron chi connectivity index (χ3n) is 2.50. The van der Waals surface area contributed by atoms with Crippen LogP contribution in [0, 0.1) is 11.6 Å². The molecule has 1 aromatic carbocycles. The molecular weight excluding hydrogens is 262 g/mol. The molecule has 0 atom stereocenters. The minimum atomic E-state index is -3.76. The van der Waals surface area contributed by atoms with Gasteiger partial charge in [-0.2, -0.15) is 0 Å². The second-order valence-electron chi connectivity index (χ2n) is 3.86. The van der Waals surface area contributed by atoms with E-state index in [9.17, 15) is 17.2 Å². The summed E-state index contributed by atoms with van der Waals surface area (Å²) < 4.78 is 50.9. The van der Waals surface area contributed by atoms with Crippen LogP contribution < -0.4 is 5.32 Å². The molecule has 0 bridgehead atoms. The van der Waals surface area contributed by atoms with E-state index in [-0.39, 0.29) is 4.90 Å². The predicted octanol–water partition coefficient (Wildman–Crippen LogP) is 1.19. The van der Waals surface area contributed by atoms with Crippen LogP contribution in [0.4, 0.5) is 8.78 Å². The van der Waals surface area contributed by atoms with Crippen molar-refractivity contribution >= 4 is 10.0 Å². The minimum Gasteiger partial charge on any atom is -0.320 e. The fraction of sp³-hybridized carbons (Fsp3) is 0.455. The minimum absolute atomic E-state index is 0.242. The van der Waals surface area contributed by atoms with Crippen molar-refractivity contribution < 1.29 is 17.2 Å². The first-order chi connectivity index (χ1) is 8.39. The first kappa shape index (κ1) is 15.0. The molecule has 7 heteroatoms. The highest BCUT2D eigenvalue weighted by Gasteiger charge is 2.21. The zero-order chi connectivity index (χ0) is 13.8. The van der Waals surface area contributed by atoms with Gasteiger partial charge in [-0.25, -0.2) is 21.5 Å². The fourth-order valence-corrected chi connectivity index (χ4v) is 2.64. The Bertz CT molecular complexity index is 506. The highest BCUT2D eigenvalue weighted by atomic mass is 32.2. The molecule has 102 valence electrons. The quantitative estimate of drug-likeness (QED) is 0.795. The van der Waals surface area contributed by atoms with Crippen LogP contribution in [0.1, 0.15) is 6.42 Å². The van der Waals surface area contributed by atoms with Crippen LogP contribution in [-0.2, 0) is 10.0 Å². The van der Waals surface area contributed by atoms with Crippen LogP contribution in [0.3, 0.4) is 0 Å². The second-order valence-corrected chi connectivity index (χ2v) is 5.90. The van der Waals surface area contributed by atoms with Gasteiger partial charge in [0.1, 0.15) is 0 Å². The molecule has 0 unspecified atom stereocenters. The maximum absolute atomic E-state index is 13.0. The molecule has 1 aromatic rings. The summed E-state index contributed by atoms with van der Waals surface area (Å²) in [5, 5.41) is 2.90. The lowest BCUT2D eigenvalue weighted by atomic mass is 10.3. The van der Waals surface area contributed by atoms with Crippen molar-refractivity contribution in [2.45, 2.75) is 11.3 Å². The SMILES string of the molecule is CNCCCN(C)S(=O)(=O)c1ccc(F)c(F)c1. The van der Waals surface area contributed by atoms with Crippen molar-refractivity contribution in [1.29, 1.82) is 0 Å². The first-order valence-corrected chi connectivity index (χ1v) is 6.89. The van der Waals surface area contributed by atoms with E-state index < -0.39 is 21.7 Å². The molecule has 0 amide bonds. The van der Waals surface area contributed by atoms with Gasteiger partial charge in [-0.1, -0.05) is 0 Å². The van der Waals surface area contributed by atoms with Crippen molar-refractivity contribution in [1.82, 2.24) is 9.62 Å². The Labute approximate surface area is 106 Å². The van der Waals surface area contributed by atoms with E-state index >= 15 is 0 Å². The van der Waals surface area contributed by atoms with Gasteiger partial charge in [0.25, 0.3) is 0 Å². The fourth-order valence-electron chi connectivity index (χ4n) is 1.42. The Hall–Kier alpha value is -1.05. The van der Waals surface area contributed by atoms with Gasteiger partial charge >= 0.3 is 0 Å². The van der Waals surface area contributed by atoms with E-state index in [1.165, 1.54) is 7.05 Å². The average Bonchev–Trinajstić information content (AvgIpc) is 2.32. The molecule has 0 aliphatic carbocycles. The number of hydrogen-bond donors (Lipinski definition) is 1. The summed E-state index contributed by atoms with van der Waals surface area (Å²) >= 11 is 0. The Morgan fingerprint density at radius 1 is 1.28 bits per heavy atom. The zero-order valence-corrected chi connectivity index (χ0v) is 11.1. The normalized spacial score (nSPS) is 12.1. The van der Waals surface area contributed by atoms with Crippen LogP contribution in [0.5, 0.6) is 0 Å². The molecule has 0 spiro atoms. The molecule has 0 saturated heterocycles. The van der Waals surface area contributed by atoms with Gasteiger partial charge in [0.15, 0.2) is 11.6 Å². The van der Waals surface area contributed by atoms with Crippen molar-refractivity contribution in [3.63, 3.8) is 0 Å². The van der Waals surface area contributed by atoms with Crippen LogP contribution >= 0.6 is 0 Å². The maximum Gasteiger partial charge on any atom is 0.242 e. The standard InChI is InChI=1S/C11H16F2N2O2S/c1-14-6-3-7-15(2)18(16,17)9-4-5-10(12)11(13)8-9/h4-5,8,14H,3,6-7H2,1-2H3.